The predicted octanol–water partition coefficient (Wildman–Crippen LogP) is 3.79. The van der Waals surface area contributed by atoms with E-state index < -0.39 is 0 Å². The Morgan fingerprint density at radius 2 is 2.22 bits per heavy atom. The lowest BCUT2D eigenvalue weighted by Crippen LogP contribution is -2.13. The molecule has 0 radical (unpaired) electrons. The molecule has 1 N–H and O–H groups in total. The van der Waals surface area contributed by atoms with Gasteiger partial charge in [-0.1, -0.05) is 24.6 Å². The van der Waals surface area contributed by atoms with Crippen LogP contribution in [0.3, 0.4) is 0 Å². The third-order valence-corrected chi connectivity index (χ3v) is 3.93. The highest BCUT2D eigenvalue weighted by molar-refractivity contribution is 7.11. The van der Waals surface area contributed by atoms with Crippen LogP contribution < -0.4 is 5.32 Å². The Bertz CT molecular complexity index is 527. The first-order valence-electron chi connectivity index (χ1n) is 5.77. The zero-order valence-corrected chi connectivity index (χ0v) is 11.6. The summed E-state index contributed by atoms with van der Waals surface area (Å²) in [5.74, 6) is -0.275. The number of hydrogen-bond donors (Lipinski definition) is 1. The van der Waals surface area contributed by atoms with E-state index in [1.165, 1.54) is 10.9 Å². The average Bonchev–Trinajstić information content (AvgIpc) is 2.80. The SMILES string of the molecule is CCc1cnc(CNCc2ccc(Cl)cc2F)s1. The Morgan fingerprint density at radius 1 is 1.39 bits per heavy atom. The second-order valence-electron chi connectivity index (χ2n) is 3.91. The van der Waals surface area contributed by atoms with E-state index in [1.807, 2.05) is 6.20 Å². The standard InChI is InChI=1S/C13H14ClFN2S/c1-2-11-7-17-13(18-11)8-16-6-9-3-4-10(14)5-12(9)15/h3-5,7,16H,2,6,8H2,1H3. The van der Waals surface area contributed by atoms with Crippen LogP contribution in [0.4, 0.5) is 4.39 Å². The molecule has 0 atom stereocenters. The zero-order chi connectivity index (χ0) is 13.0. The molecule has 2 aromatic rings. The molecule has 0 unspecified atom stereocenters. The van der Waals surface area contributed by atoms with Crippen LogP contribution >= 0.6 is 22.9 Å². The molecular formula is C13H14ClFN2S. The zero-order valence-electron chi connectivity index (χ0n) is 10.0. The molecule has 2 rings (SSSR count). The normalized spacial score (nSPS) is 10.8. The van der Waals surface area contributed by atoms with Gasteiger partial charge in [0, 0.05) is 34.7 Å². The monoisotopic (exact) mass is 284 g/mol. The van der Waals surface area contributed by atoms with E-state index in [-0.39, 0.29) is 5.82 Å². The molecule has 0 aliphatic rings. The van der Waals surface area contributed by atoms with Crippen LogP contribution in [-0.2, 0) is 19.5 Å². The van der Waals surface area contributed by atoms with Gasteiger partial charge in [-0.3, -0.25) is 0 Å². The van der Waals surface area contributed by atoms with Gasteiger partial charge < -0.3 is 5.32 Å². The first-order chi connectivity index (χ1) is 8.69. The van der Waals surface area contributed by atoms with Crippen LogP contribution in [0, 0.1) is 5.82 Å². The molecule has 1 aromatic heterocycles. The van der Waals surface area contributed by atoms with Crippen LogP contribution in [0.1, 0.15) is 22.4 Å². The van der Waals surface area contributed by atoms with Gasteiger partial charge in [-0.25, -0.2) is 9.37 Å². The van der Waals surface area contributed by atoms with Crippen molar-refractivity contribution >= 4 is 22.9 Å². The summed E-state index contributed by atoms with van der Waals surface area (Å²) in [7, 11) is 0. The van der Waals surface area contributed by atoms with Gasteiger partial charge >= 0.3 is 0 Å². The lowest BCUT2D eigenvalue weighted by Gasteiger charge is -2.04. The Balaban J connectivity index is 1.88. The number of nitrogens with one attached hydrogen (secondary N) is 1. The maximum Gasteiger partial charge on any atom is 0.129 e. The highest BCUT2D eigenvalue weighted by Gasteiger charge is 2.04. The first kappa shape index (κ1) is 13.5. The van der Waals surface area contributed by atoms with Gasteiger partial charge in [0.1, 0.15) is 10.8 Å². The Labute approximate surface area is 115 Å². The summed E-state index contributed by atoms with van der Waals surface area (Å²) >= 11 is 7.38. The molecule has 18 heavy (non-hydrogen) atoms. The molecule has 96 valence electrons. The highest BCUT2D eigenvalue weighted by atomic mass is 35.5. The molecule has 0 saturated heterocycles. The summed E-state index contributed by atoms with van der Waals surface area (Å²) in [5, 5.41) is 4.63. The van der Waals surface area contributed by atoms with Crippen LogP contribution in [0.15, 0.2) is 24.4 Å². The molecular weight excluding hydrogens is 271 g/mol. The minimum atomic E-state index is -0.275. The van der Waals surface area contributed by atoms with Gasteiger partial charge in [0.25, 0.3) is 0 Å². The number of aryl methyl sites for hydroxylation is 1. The third-order valence-electron chi connectivity index (χ3n) is 2.56. The molecule has 2 nitrogen and oxygen atoms in total. The van der Waals surface area contributed by atoms with Gasteiger partial charge in [-0.15, -0.1) is 11.3 Å². The molecule has 0 amide bonds. The largest absolute Gasteiger partial charge is 0.306 e. The van der Waals surface area contributed by atoms with Crippen LogP contribution in [0.2, 0.25) is 5.02 Å². The van der Waals surface area contributed by atoms with Gasteiger partial charge in [0.05, 0.1) is 0 Å². The Hall–Kier alpha value is -0.970. The molecule has 1 heterocycles. The summed E-state index contributed by atoms with van der Waals surface area (Å²) in [6.45, 7) is 3.24. The molecule has 0 aliphatic carbocycles. The molecule has 0 fully saturated rings. The van der Waals surface area contributed by atoms with Gasteiger partial charge in [0.15, 0.2) is 0 Å². The van der Waals surface area contributed by atoms with E-state index in [0.717, 1.165) is 11.4 Å². The van der Waals surface area contributed by atoms with Crippen molar-refractivity contribution in [3.05, 3.63) is 50.7 Å². The number of hydrogen-bond acceptors (Lipinski definition) is 3. The topological polar surface area (TPSA) is 24.9 Å². The van der Waals surface area contributed by atoms with Crippen molar-refractivity contribution < 1.29 is 4.39 Å². The second kappa shape index (κ2) is 6.27. The first-order valence-corrected chi connectivity index (χ1v) is 6.96. The minimum Gasteiger partial charge on any atom is -0.306 e. The average molecular weight is 285 g/mol. The summed E-state index contributed by atoms with van der Waals surface area (Å²) in [6.07, 6.45) is 2.90. The van der Waals surface area contributed by atoms with E-state index in [0.29, 0.717) is 23.7 Å². The predicted molar refractivity (Wildman–Crippen MR) is 73.4 cm³/mol. The minimum absolute atomic E-state index is 0.275. The van der Waals surface area contributed by atoms with Crippen molar-refractivity contribution in [2.45, 2.75) is 26.4 Å². The third kappa shape index (κ3) is 3.51. The van der Waals surface area contributed by atoms with Crippen molar-refractivity contribution in [3.63, 3.8) is 0 Å². The lowest BCUT2D eigenvalue weighted by molar-refractivity contribution is 0.587. The van der Waals surface area contributed by atoms with E-state index in [1.54, 1.807) is 23.5 Å². The second-order valence-corrected chi connectivity index (χ2v) is 5.55. The fourth-order valence-corrected chi connectivity index (χ4v) is 2.55. The van der Waals surface area contributed by atoms with E-state index >= 15 is 0 Å². The molecule has 5 heteroatoms. The van der Waals surface area contributed by atoms with Gasteiger partial charge in [0.2, 0.25) is 0 Å². The van der Waals surface area contributed by atoms with Crippen molar-refractivity contribution in [2.75, 3.05) is 0 Å². The fraction of sp³-hybridized carbons (Fsp3) is 0.308. The van der Waals surface area contributed by atoms with Crippen LogP contribution in [-0.4, -0.2) is 4.98 Å². The summed E-state index contributed by atoms with van der Waals surface area (Å²) in [5.41, 5.74) is 0.617. The fourth-order valence-electron chi connectivity index (χ4n) is 1.56. The Kier molecular flexibility index (Phi) is 4.69. The number of benzene rings is 1. The maximum absolute atomic E-state index is 13.5. The van der Waals surface area contributed by atoms with Crippen molar-refractivity contribution in [1.82, 2.24) is 10.3 Å². The van der Waals surface area contributed by atoms with Crippen molar-refractivity contribution in [1.29, 1.82) is 0 Å². The van der Waals surface area contributed by atoms with E-state index in [9.17, 15) is 4.39 Å². The smallest absolute Gasteiger partial charge is 0.129 e. The number of aromatic nitrogens is 1. The number of halogens is 2. The van der Waals surface area contributed by atoms with E-state index in [4.69, 9.17) is 11.6 Å². The van der Waals surface area contributed by atoms with Crippen molar-refractivity contribution in [3.8, 4) is 0 Å². The van der Waals surface area contributed by atoms with Crippen LogP contribution in [0.25, 0.3) is 0 Å². The quantitative estimate of drug-likeness (QED) is 0.904. The maximum atomic E-state index is 13.5. The van der Waals surface area contributed by atoms with E-state index in [2.05, 4.69) is 17.2 Å². The van der Waals surface area contributed by atoms with Crippen LogP contribution in [0.5, 0.6) is 0 Å². The summed E-state index contributed by atoms with van der Waals surface area (Å²) < 4.78 is 13.5. The number of nitrogens with zero attached hydrogens (tertiary/aromatic N) is 1. The lowest BCUT2D eigenvalue weighted by atomic mass is 10.2. The number of thiazole rings is 1. The van der Waals surface area contributed by atoms with Gasteiger partial charge in [-0.05, 0) is 18.6 Å². The van der Waals surface area contributed by atoms with Crippen molar-refractivity contribution in [2.24, 2.45) is 0 Å². The molecule has 1 aromatic carbocycles. The van der Waals surface area contributed by atoms with Gasteiger partial charge in [-0.2, -0.15) is 0 Å². The Morgan fingerprint density at radius 3 is 2.89 bits per heavy atom. The highest BCUT2D eigenvalue weighted by Crippen LogP contribution is 2.15. The molecule has 0 spiro atoms. The molecule has 0 saturated carbocycles. The summed E-state index contributed by atoms with van der Waals surface area (Å²) in [6, 6.07) is 4.72. The molecule has 0 bridgehead atoms. The summed E-state index contributed by atoms with van der Waals surface area (Å²) in [4.78, 5) is 5.56. The number of rotatable bonds is 5. The molecule has 0 aliphatic heterocycles.